The molecule has 8 heteroatoms. The molecule has 8 nitrogen and oxygen atoms in total. The summed E-state index contributed by atoms with van der Waals surface area (Å²) >= 11 is 0. The average Bonchev–Trinajstić information content (AvgIpc) is 3.18. The molecule has 2 N–H and O–H groups in total. The second-order valence-electron chi connectivity index (χ2n) is 5.87. The maximum absolute atomic E-state index is 12.6. The SMILES string of the molecule is CC1(C)C(=O)NC(=O)CN1C(=O)N(CCC(=O)O)C1CC1. The van der Waals surface area contributed by atoms with Gasteiger partial charge < -0.3 is 14.9 Å². The van der Waals surface area contributed by atoms with Gasteiger partial charge in [-0.1, -0.05) is 0 Å². The molecule has 0 aromatic carbocycles. The van der Waals surface area contributed by atoms with Crippen LogP contribution in [0.3, 0.4) is 0 Å². The van der Waals surface area contributed by atoms with Gasteiger partial charge in [0.15, 0.2) is 0 Å². The quantitative estimate of drug-likeness (QED) is 0.698. The molecule has 1 saturated carbocycles. The number of urea groups is 1. The van der Waals surface area contributed by atoms with Gasteiger partial charge in [0.05, 0.1) is 6.42 Å². The van der Waals surface area contributed by atoms with E-state index in [2.05, 4.69) is 5.32 Å². The van der Waals surface area contributed by atoms with Crippen molar-refractivity contribution in [2.45, 2.75) is 44.7 Å². The Balaban J connectivity index is 2.16. The number of imide groups is 1. The minimum atomic E-state index is -1.14. The van der Waals surface area contributed by atoms with Crippen LogP contribution in [0.25, 0.3) is 0 Å². The summed E-state index contributed by atoms with van der Waals surface area (Å²) in [7, 11) is 0. The van der Waals surface area contributed by atoms with Gasteiger partial charge >= 0.3 is 12.0 Å². The van der Waals surface area contributed by atoms with Crippen LogP contribution in [0.1, 0.15) is 33.1 Å². The molecule has 1 aliphatic carbocycles. The summed E-state index contributed by atoms with van der Waals surface area (Å²) in [6.07, 6.45) is 1.48. The van der Waals surface area contributed by atoms with Crippen LogP contribution >= 0.6 is 0 Å². The van der Waals surface area contributed by atoms with Crippen LogP contribution in [0.15, 0.2) is 0 Å². The van der Waals surface area contributed by atoms with E-state index in [0.717, 1.165) is 12.8 Å². The number of carboxylic acid groups (broad SMARTS) is 1. The van der Waals surface area contributed by atoms with Crippen LogP contribution in [0.4, 0.5) is 4.79 Å². The topological polar surface area (TPSA) is 107 Å². The van der Waals surface area contributed by atoms with E-state index in [9.17, 15) is 19.2 Å². The lowest BCUT2D eigenvalue weighted by Gasteiger charge is -2.42. The molecule has 0 atom stereocenters. The third-order valence-electron chi connectivity index (χ3n) is 3.82. The first kappa shape index (κ1) is 15.3. The van der Waals surface area contributed by atoms with E-state index >= 15 is 0 Å². The molecule has 1 saturated heterocycles. The van der Waals surface area contributed by atoms with E-state index < -0.39 is 29.4 Å². The predicted octanol–water partition coefficient (Wildman–Crippen LogP) is -0.217. The van der Waals surface area contributed by atoms with Gasteiger partial charge in [-0.05, 0) is 26.7 Å². The zero-order valence-electron chi connectivity index (χ0n) is 12.1. The molecule has 4 amide bonds. The van der Waals surface area contributed by atoms with Crippen molar-refractivity contribution in [2.24, 2.45) is 0 Å². The maximum atomic E-state index is 12.6. The highest BCUT2D eigenvalue weighted by Crippen LogP contribution is 2.30. The van der Waals surface area contributed by atoms with Gasteiger partial charge in [-0.2, -0.15) is 0 Å². The molecule has 2 aliphatic rings. The van der Waals surface area contributed by atoms with Gasteiger partial charge in [0.2, 0.25) is 5.91 Å². The van der Waals surface area contributed by atoms with Crippen LogP contribution in [-0.2, 0) is 14.4 Å². The minimum absolute atomic E-state index is 0.00717. The lowest BCUT2D eigenvalue weighted by atomic mass is 9.99. The average molecular weight is 297 g/mol. The van der Waals surface area contributed by atoms with Crippen molar-refractivity contribution in [3.63, 3.8) is 0 Å². The summed E-state index contributed by atoms with van der Waals surface area (Å²) in [5.41, 5.74) is -1.14. The summed E-state index contributed by atoms with van der Waals surface area (Å²) in [5.74, 6) is -2.04. The molecule has 0 aromatic rings. The number of nitrogens with one attached hydrogen (secondary N) is 1. The van der Waals surface area contributed by atoms with Gasteiger partial charge in [-0.15, -0.1) is 0 Å². The molecule has 0 aromatic heterocycles. The highest BCUT2D eigenvalue weighted by molar-refractivity contribution is 6.06. The van der Waals surface area contributed by atoms with Crippen LogP contribution in [0.5, 0.6) is 0 Å². The maximum Gasteiger partial charge on any atom is 0.321 e. The Morgan fingerprint density at radius 1 is 1.38 bits per heavy atom. The molecule has 0 radical (unpaired) electrons. The van der Waals surface area contributed by atoms with Crippen molar-refractivity contribution in [3.05, 3.63) is 0 Å². The largest absolute Gasteiger partial charge is 0.481 e. The second kappa shape index (κ2) is 5.34. The van der Waals surface area contributed by atoms with E-state index in [-0.39, 0.29) is 25.6 Å². The zero-order chi connectivity index (χ0) is 15.8. The van der Waals surface area contributed by atoms with Gasteiger partial charge in [0.25, 0.3) is 5.91 Å². The van der Waals surface area contributed by atoms with Crippen molar-refractivity contribution in [3.8, 4) is 0 Å². The molecule has 0 spiro atoms. The zero-order valence-corrected chi connectivity index (χ0v) is 12.1. The van der Waals surface area contributed by atoms with Crippen LogP contribution in [0.2, 0.25) is 0 Å². The lowest BCUT2D eigenvalue weighted by Crippen LogP contribution is -2.67. The van der Waals surface area contributed by atoms with Crippen molar-refractivity contribution >= 4 is 23.8 Å². The molecule has 2 fully saturated rings. The molecular formula is C13H19N3O5. The number of aliphatic carboxylic acids is 1. The molecule has 21 heavy (non-hydrogen) atoms. The standard InChI is InChI=1S/C13H19N3O5/c1-13(2)11(20)14-9(17)7-16(13)12(21)15(8-3-4-8)6-5-10(18)19/h8H,3-7H2,1-2H3,(H,18,19)(H,14,17,20). The number of piperazine rings is 1. The predicted molar refractivity (Wildman–Crippen MR) is 71.3 cm³/mol. The number of hydrogen-bond acceptors (Lipinski definition) is 4. The van der Waals surface area contributed by atoms with Crippen LogP contribution < -0.4 is 5.32 Å². The van der Waals surface area contributed by atoms with Gasteiger partial charge in [-0.3, -0.25) is 19.7 Å². The summed E-state index contributed by atoms with van der Waals surface area (Å²) in [6, 6.07) is -0.445. The number of nitrogens with zero attached hydrogens (tertiary/aromatic N) is 2. The normalized spacial score (nSPS) is 21.0. The number of hydrogen-bond donors (Lipinski definition) is 2. The first-order valence-electron chi connectivity index (χ1n) is 6.88. The van der Waals surface area contributed by atoms with Gasteiger partial charge in [-0.25, -0.2) is 4.79 Å². The highest BCUT2D eigenvalue weighted by Gasteiger charge is 2.46. The summed E-state index contributed by atoms with van der Waals surface area (Å²) in [6.45, 7) is 3.01. The molecule has 1 aliphatic heterocycles. The summed E-state index contributed by atoms with van der Waals surface area (Å²) in [5, 5.41) is 11.0. The summed E-state index contributed by atoms with van der Waals surface area (Å²) in [4.78, 5) is 49.4. The van der Waals surface area contributed by atoms with Gasteiger partial charge in [0, 0.05) is 12.6 Å². The third-order valence-corrected chi connectivity index (χ3v) is 3.82. The smallest absolute Gasteiger partial charge is 0.321 e. The van der Waals surface area contributed by atoms with Crippen LogP contribution in [0, 0.1) is 0 Å². The first-order valence-corrected chi connectivity index (χ1v) is 6.88. The van der Waals surface area contributed by atoms with Crippen LogP contribution in [-0.4, -0.2) is 63.4 Å². The monoisotopic (exact) mass is 297 g/mol. The van der Waals surface area contributed by atoms with Crippen molar-refractivity contribution in [2.75, 3.05) is 13.1 Å². The van der Waals surface area contributed by atoms with Crippen molar-refractivity contribution < 1.29 is 24.3 Å². The highest BCUT2D eigenvalue weighted by atomic mass is 16.4. The molecular weight excluding hydrogens is 278 g/mol. The van der Waals surface area contributed by atoms with E-state index in [1.807, 2.05) is 0 Å². The van der Waals surface area contributed by atoms with Gasteiger partial charge in [0.1, 0.15) is 12.1 Å². The van der Waals surface area contributed by atoms with E-state index in [4.69, 9.17) is 5.11 Å². The number of rotatable bonds is 4. The third kappa shape index (κ3) is 3.14. The molecule has 1 heterocycles. The van der Waals surface area contributed by atoms with Crippen molar-refractivity contribution in [1.29, 1.82) is 0 Å². The molecule has 0 unspecified atom stereocenters. The van der Waals surface area contributed by atoms with Crippen molar-refractivity contribution in [1.82, 2.24) is 15.1 Å². The fourth-order valence-electron chi connectivity index (χ4n) is 2.28. The number of carboxylic acids is 1. The molecule has 116 valence electrons. The summed E-state index contributed by atoms with van der Waals surface area (Å²) < 4.78 is 0. The molecule has 2 rings (SSSR count). The number of amides is 4. The Bertz CT molecular complexity index is 498. The second-order valence-corrected chi connectivity index (χ2v) is 5.87. The molecule has 0 bridgehead atoms. The minimum Gasteiger partial charge on any atom is -0.481 e. The number of carbonyl (C=O) groups is 4. The van der Waals surface area contributed by atoms with E-state index in [0.29, 0.717) is 0 Å². The fraction of sp³-hybridized carbons (Fsp3) is 0.692. The Kier molecular flexibility index (Phi) is 3.89. The first-order chi connectivity index (χ1) is 9.73. The Hall–Kier alpha value is -2.12. The Labute approximate surface area is 122 Å². The Morgan fingerprint density at radius 2 is 2.00 bits per heavy atom. The number of carbonyl (C=O) groups excluding carboxylic acids is 3. The lowest BCUT2D eigenvalue weighted by molar-refractivity contribution is -0.143. The van der Waals surface area contributed by atoms with E-state index in [1.54, 1.807) is 13.8 Å². The fourth-order valence-corrected chi connectivity index (χ4v) is 2.28. The Morgan fingerprint density at radius 3 is 2.52 bits per heavy atom. The van der Waals surface area contributed by atoms with E-state index in [1.165, 1.54) is 9.80 Å².